The third-order valence-corrected chi connectivity index (χ3v) is 5.16. The quantitative estimate of drug-likeness (QED) is 0.924. The summed E-state index contributed by atoms with van der Waals surface area (Å²) in [6.45, 7) is 6.29. The number of hydrogen-bond donors (Lipinski definition) is 1. The van der Waals surface area contributed by atoms with Gasteiger partial charge < -0.3 is 9.84 Å². The van der Waals surface area contributed by atoms with E-state index in [1.165, 1.54) is 12.8 Å². The highest BCUT2D eigenvalue weighted by atomic mass is 16.5. The van der Waals surface area contributed by atoms with E-state index in [9.17, 15) is 4.79 Å². The molecule has 0 unspecified atom stereocenters. The molecule has 1 amide bonds. The van der Waals surface area contributed by atoms with Gasteiger partial charge in [-0.25, -0.2) is 0 Å². The molecule has 1 saturated carbocycles. The van der Waals surface area contributed by atoms with Gasteiger partial charge in [-0.2, -0.15) is 0 Å². The van der Waals surface area contributed by atoms with Crippen molar-refractivity contribution in [1.82, 2.24) is 10.5 Å². The first-order chi connectivity index (χ1) is 11.1. The summed E-state index contributed by atoms with van der Waals surface area (Å²) in [5.41, 5.74) is 2.08. The first-order valence-electron chi connectivity index (χ1n) is 8.40. The zero-order valence-electron chi connectivity index (χ0n) is 14.0. The van der Waals surface area contributed by atoms with Gasteiger partial charge in [0.05, 0.1) is 0 Å². The SMILES string of the molecule is Cc1onc(-c2ccccc2)c1C(=O)N[C@@H]1CCC[C@@H](C)[C@@H]1C. The van der Waals surface area contributed by atoms with Gasteiger partial charge in [0, 0.05) is 11.6 Å². The zero-order chi connectivity index (χ0) is 16.4. The van der Waals surface area contributed by atoms with E-state index in [0.717, 1.165) is 12.0 Å². The van der Waals surface area contributed by atoms with Crippen LogP contribution in [-0.4, -0.2) is 17.1 Å². The van der Waals surface area contributed by atoms with Crippen molar-refractivity contribution in [2.24, 2.45) is 11.8 Å². The van der Waals surface area contributed by atoms with Gasteiger partial charge in [0.1, 0.15) is 17.0 Å². The van der Waals surface area contributed by atoms with Crippen LogP contribution in [0.15, 0.2) is 34.9 Å². The van der Waals surface area contributed by atoms with Crippen molar-refractivity contribution in [3.63, 3.8) is 0 Å². The van der Waals surface area contributed by atoms with Gasteiger partial charge in [0.15, 0.2) is 0 Å². The van der Waals surface area contributed by atoms with Crippen LogP contribution in [-0.2, 0) is 0 Å². The van der Waals surface area contributed by atoms with Crippen molar-refractivity contribution in [3.8, 4) is 11.3 Å². The Kier molecular flexibility index (Phi) is 4.51. The van der Waals surface area contributed by atoms with Gasteiger partial charge in [0.25, 0.3) is 5.91 Å². The predicted molar refractivity (Wildman–Crippen MR) is 90.1 cm³/mol. The van der Waals surface area contributed by atoms with Crippen LogP contribution in [0.1, 0.15) is 49.2 Å². The molecule has 3 atom stereocenters. The minimum atomic E-state index is -0.0754. The minimum Gasteiger partial charge on any atom is -0.360 e. The van der Waals surface area contributed by atoms with Crippen molar-refractivity contribution >= 4 is 5.91 Å². The second-order valence-corrected chi connectivity index (χ2v) is 6.68. The van der Waals surface area contributed by atoms with Crippen LogP contribution in [0.25, 0.3) is 11.3 Å². The van der Waals surface area contributed by atoms with Gasteiger partial charge in [0.2, 0.25) is 0 Å². The molecule has 1 fully saturated rings. The Hall–Kier alpha value is -2.10. The molecule has 1 aliphatic rings. The Bertz CT molecular complexity index is 678. The van der Waals surface area contributed by atoms with E-state index in [1.54, 1.807) is 6.92 Å². The van der Waals surface area contributed by atoms with Crippen molar-refractivity contribution in [2.75, 3.05) is 0 Å². The first-order valence-corrected chi connectivity index (χ1v) is 8.40. The van der Waals surface area contributed by atoms with E-state index in [-0.39, 0.29) is 11.9 Å². The normalized spacial score (nSPS) is 24.4. The second kappa shape index (κ2) is 6.57. The third-order valence-electron chi connectivity index (χ3n) is 5.16. The molecule has 4 heteroatoms. The van der Waals surface area contributed by atoms with Gasteiger partial charge in [-0.1, -0.05) is 62.2 Å². The Labute approximate surface area is 137 Å². The molecule has 23 heavy (non-hydrogen) atoms. The van der Waals surface area contributed by atoms with E-state index in [2.05, 4.69) is 24.3 Å². The van der Waals surface area contributed by atoms with Crippen LogP contribution in [0, 0.1) is 18.8 Å². The molecule has 122 valence electrons. The smallest absolute Gasteiger partial charge is 0.257 e. The molecule has 1 heterocycles. The molecule has 0 radical (unpaired) electrons. The van der Waals surface area contributed by atoms with E-state index in [0.29, 0.717) is 28.9 Å². The lowest BCUT2D eigenvalue weighted by Crippen LogP contribution is -2.43. The summed E-state index contributed by atoms with van der Waals surface area (Å²) in [6, 6.07) is 9.93. The third kappa shape index (κ3) is 3.16. The van der Waals surface area contributed by atoms with Gasteiger partial charge >= 0.3 is 0 Å². The standard InChI is InChI=1S/C19H24N2O2/c1-12-8-7-11-16(13(12)2)20-19(22)17-14(3)23-21-18(17)15-9-5-4-6-10-15/h4-6,9-10,12-13,16H,7-8,11H2,1-3H3,(H,20,22)/t12-,13+,16-/m1/s1. The summed E-state index contributed by atoms with van der Waals surface area (Å²) in [7, 11) is 0. The number of amides is 1. The topological polar surface area (TPSA) is 55.1 Å². The van der Waals surface area contributed by atoms with Crippen molar-refractivity contribution in [3.05, 3.63) is 41.7 Å². The van der Waals surface area contributed by atoms with E-state index < -0.39 is 0 Å². The number of carbonyl (C=O) groups excluding carboxylic acids is 1. The molecule has 0 aliphatic heterocycles. The average Bonchev–Trinajstić information content (AvgIpc) is 2.94. The fourth-order valence-electron chi connectivity index (χ4n) is 3.46. The summed E-state index contributed by atoms with van der Waals surface area (Å²) < 4.78 is 5.30. The van der Waals surface area contributed by atoms with Crippen molar-refractivity contribution < 1.29 is 9.32 Å². The van der Waals surface area contributed by atoms with E-state index in [1.807, 2.05) is 30.3 Å². The van der Waals surface area contributed by atoms with Crippen LogP contribution in [0.2, 0.25) is 0 Å². The molecule has 1 aromatic heterocycles. The number of rotatable bonds is 3. The zero-order valence-corrected chi connectivity index (χ0v) is 14.0. The number of carbonyl (C=O) groups is 1. The molecular formula is C19H24N2O2. The highest BCUT2D eigenvalue weighted by molar-refractivity contribution is 6.00. The highest BCUT2D eigenvalue weighted by Crippen LogP contribution is 2.31. The maximum atomic E-state index is 12.8. The van der Waals surface area contributed by atoms with Gasteiger partial charge in [-0.3, -0.25) is 4.79 Å². The summed E-state index contributed by atoms with van der Waals surface area (Å²) in [4.78, 5) is 12.8. The number of benzene rings is 1. The lowest BCUT2D eigenvalue weighted by molar-refractivity contribution is 0.0890. The van der Waals surface area contributed by atoms with Gasteiger partial charge in [-0.05, 0) is 25.2 Å². The molecule has 1 aromatic carbocycles. The number of nitrogens with one attached hydrogen (secondary N) is 1. The lowest BCUT2D eigenvalue weighted by atomic mass is 9.78. The Balaban J connectivity index is 1.84. The second-order valence-electron chi connectivity index (χ2n) is 6.68. The molecule has 0 spiro atoms. The number of aromatic nitrogens is 1. The van der Waals surface area contributed by atoms with Gasteiger partial charge in [-0.15, -0.1) is 0 Å². The number of hydrogen-bond acceptors (Lipinski definition) is 3. The summed E-state index contributed by atoms with van der Waals surface area (Å²) in [5, 5.41) is 7.31. The minimum absolute atomic E-state index is 0.0754. The largest absolute Gasteiger partial charge is 0.360 e. The molecule has 0 bridgehead atoms. The molecule has 4 nitrogen and oxygen atoms in total. The fraction of sp³-hybridized carbons (Fsp3) is 0.474. The van der Waals surface area contributed by atoms with E-state index >= 15 is 0 Å². The maximum absolute atomic E-state index is 12.8. The van der Waals surface area contributed by atoms with Crippen LogP contribution in [0.4, 0.5) is 0 Å². The molecule has 3 rings (SSSR count). The number of aryl methyl sites for hydroxylation is 1. The van der Waals surface area contributed by atoms with Crippen molar-refractivity contribution in [1.29, 1.82) is 0 Å². The summed E-state index contributed by atoms with van der Waals surface area (Å²) in [5.74, 6) is 1.63. The van der Waals surface area contributed by atoms with Crippen LogP contribution in [0.5, 0.6) is 0 Å². The molecule has 0 saturated heterocycles. The van der Waals surface area contributed by atoms with Crippen LogP contribution in [0.3, 0.4) is 0 Å². The molecule has 1 N–H and O–H groups in total. The fourth-order valence-corrected chi connectivity index (χ4v) is 3.46. The summed E-state index contributed by atoms with van der Waals surface area (Å²) >= 11 is 0. The van der Waals surface area contributed by atoms with E-state index in [4.69, 9.17) is 4.52 Å². The monoisotopic (exact) mass is 312 g/mol. The average molecular weight is 312 g/mol. The van der Waals surface area contributed by atoms with Crippen molar-refractivity contribution in [2.45, 2.75) is 46.1 Å². The molecule has 2 aromatic rings. The predicted octanol–water partition coefficient (Wildman–Crippen LogP) is 4.20. The van der Waals surface area contributed by atoms with Crippen LogP contribution >= 0.6 is 0 Å². The Morgan fingerprint density at radius 1 is 1.22 bits per heavy atom. The molecular weight excluding hydrogens is 288 g/mol. The first kappa shape index (κ1) is 15.8. The Morgan fingerprint density at radius 3 is 2.70 bits per heavy atom. The van der Waals surface area contributed by atoms with Crippen LogP contribution < -0.4 is 5.32 Å². The lowest BCUT2D eigenvalue weighted by Gasteiger charge is -2.34. The molecule has 1 aliphatic carbocycles. The highest BCUT2D eigenvalue weighted by Gasteiger charge is 2.30. The summed E-state index contributed by atoms with van der Waals surface area (Å²) in [6.07, 6.45) is 3.46. The Morgan fingerprint density at radius 2 is 1.96 bits per heavy atom. The number of nitrogens with zero attached hydrogens (tertiary/aromatic N) is 1. The maximum Gasteiger partial charge on any atom is 0.257 e.